The van der Waals surface area contributed by atoms with Gasteiger partial charge in [0.1, 0.15) is 18.1 Å². The highest BCUT2D eigenvalue weighted by Gasteiger charge is 2.10. The molecule has 1 aromatic heterocycles. The highest BCUT2D eigenvalue weighted by atomic mass is 16.5. The molecular formula is C22H36N6O2. The molecule has 0 bridgehead atoms. The van der Waals surface area contributed by atoms with E-state index in [4.69, 9.17) is 9.73 Å². The zero-order chi connectivity index (χ0) is 21.8. The van der Waals surface area contributed by atoms with Crippen molar-refractivity contribution in [3.8, 4) is 5.75 Å². The van der Waals surface area contributed by atoms with Gasteiger partial charge in [-0.15, -0.1) is 10.2 Å². The number of nitrogens with one attached hydrogen (secondary N) is 2. The SMILES string of the molecule is CCCC(CCO)CNC(=NCc1nnc(C)n1C)NCCc1ccc(OC)cc1. The standard InChI is InChI=1S/C22H36N6O2/c1-5-6-19(12-14-29)15-24-22(25-16-21-27-26-17(2)28(21)3)23-13-11-18-7-9-20(30-4)10-8-18/h7-10,19,29H,5-6,11-16H2,1-4H3,(H2,23,24,25). The molecule has 0 aliphatic heterocycles. The molecule has 2 aromatic rings. The van der Waals surface area contributed by atoms with Gasteiger partial charge in [0.15, 0.2) is 11.8 Å². The van der Waals surface area contributed by atoms with Crippen molar-refractivity contribution >= 4 is 5.96 Å². The third-order valence-corrected chi connectivity index (χ3v) is 5.22. The van der Waals surface area contributed by atoms with Gasteiger partial charge in [0.2, 0.25) is 0 Å². The maximum Gasteiger partial charge on any atom is 0.191 e. The van der Waals surface area contributed by atoms with Gasteiger partial charge in [-0.25, -0.2) is 4.99 Å². The first-order chi connectivity index (χ1) is 14.6. The molecule has 8 nitrogen and oxygen atoms in total. The van der Waals surface area contributed by atoms with E-state index >= 15 is 0 Å². The quantitative estimate of drug-likeness (QED) is 0.363. The molecule has 1 unspecified atom stereocenters. The number of aromatic nitrogens is 3. The molecule has 0 spiro atoms. The van der Waals surface area contributed by atoms with E-state index < -0.39 is 0 Å². The van der Waals surface area contributed by atoms with Crippen molar-refractivity contribution in [1.29, 1.82) is 0 Å². The van der Waals surface area contributed by atoms with Crippen molar-refractivity contribution in [1.82, 2.24) is 25.4 Å². The Kier molecular flexibility index (Phi) is 10.1. The summed E-state index contributed by atoms with van der Waals surface area (Å²) in [5, 5.41) is 24.5. The second kappa shape index (κ2) is 12.8. The molecule has 166 valence electrons. The molecule has 8 heteroatoms. The summed E-state index contributed by atoms with van der Waals surface area (Å²) in [5.41, 5.74) is 1.23. The number of hydrogen-bond acceptors (Lipinski definition) is 5. The van der Waals surface area contributed by atoms with Gasteiger partial charge in [-0.1, -0.05) is 25.5 Å². The van der Waals surface area contributed by atoms with Crippen molar-refractivity contribution in [2.75, 3.05) is 26.8 Å². The number of rotatable bonds is 12. The summed E-state index contributed by atoms with van der Waals surface area (Å²) in [4.78, 5) is 4.71. The summed E-state index contributed by atoms with van der Waals surface area (Å²) >= 11 is 0. The Morgan fingerprint density at radius 3 is 2.57 bits per heavy atom. The summed E-state index contributed by atoms with van der Waals surface area (Å²) < 4.78 is 7.16. The van der Waals surface area contributed by atoms with Crippen LogP contribution in [-0.4, -0.2) is 52.6 Å². The number of ether oxygens (including phenoxy) is 1. The van der Waals surface area contributed by atoms with E-state index in [1.165, 1.54) is 5.56 Å². The molecule has 1 heterocycles. The van der Waals surface area contributed by atoms with E-state index in [9.17, 15) is 5.11 Å². The molecule has 0 amide bonds. The van der Waals surface area contributed by atoms with Crippen molar-refractivity contribution in [3.05, 3.63) is 41.5 Å². The van der Waals surface area contributed by atoms with Crippen molar-refractivity contribution in [3.63, 3.8) is 0 Å². The second-order valence-electron chi connectivity index (χ2n) is 7.46. The summed E-state index contributed by atoms with van der Waals surface area (Å²) in [5.74, 6) is 3.73. The van der Waals surface area contributed by atoms with Crippen LogP contribution in [0.4, 0.5) is 0 Å². The van der Waals surface area contributed by atoms with Gasteiger partial charge in [-0.2, -0.15) is 0 Å². The Hall–Kier alpha value is -2.61. The van der Waals surface area contributed by atoms with Crippen LogP contribution in [0.1, 0.15) is 43.4 Å². The molecule has 2 rings (SSSR count). The third-order valence-electron chi connectivity index (χ3n) is 5.22. The monoisotopic (exact) mass is 416 g/mol. The Labute approximate surface area is 179 Å². The van der Waals surface area contributed by atoms with E-state index in [2.05, 4.69) is 39.9 Å². The van der Waals surface area contributed by atoms with Crippen LogP contribution < -0.4 is 15.4 Å². The minimum Gasteiger partial charge on any atom is -0.497 e. The number of guanidine groups is 1. The highest BCUT2D eigenvalue weighted by Crippen LogP contribution is 2.11. The lowest BCUT2D eigenvalue weighted by molar-refractivity contribution is 0.251. The highest BCUT2D eigenvalue weighted by molar-refractivity contribution is 5.79. The number of aliphatic hydroxyl groups is 1. The molecular weight excluding hydrogens is 380 g/mol. The van der Waals surface area contributed by atoms with Crippen LogP contribution in [0.15, 0.2) is 29.3 Å². The lowest BCUT2D eigenvalue weighted by Crippen LogP contribution is -2.41. The zero-order valence-electron chi connectivity index (χ0n) is 18.7. The van der Waals surface area contributed by atoms with Gasteiger partial charge < -0.3 is 25.0 Å². The average Bonchev–Trinajstić information content (AvgIpc) is 3.08. The third kappa shape index (κ3) is 7.67. The van der Waals surface area contributed by atoms with E-state index in [1.807, 2.05) is 30.7 Å². The molecule has 0 saturated heterocycles. The number of nitrogens with zero attached hydrogens (tertiary/aromatic N) is 4. The van der Waals surface area contributed by atoms with E-state index in [0.717, 1.165) is 62.1 Å². The van der Waals surface area contributed by atoms with Crippen LogP contribution in [-0.2, 0) is 20.0 Å². The lowest BCUT2D eigenvalue weighted by Gasteiger charge is -2.18. The maximum absolute atomic E-state index is 9.32. The van der Waals surface area contributed by atoms with Gasteiger partial charge in [-0.3, -0.25) is 0 Å². The summed E-state index contributed by atoms with van der Waals surface area (Å²) in [6.07, 6.45) is 3.85. The molecule has 1 aromatic carbocycles. The Bertz CT molecular complexity index is 766. The lowest BCUT2D eigenvalue weighted by atomic mass is 10.0. The Morgan fingerprint density at radius 1 is 1.20 bits per heavy atom. The van der Waals surface area contributed by atoms with Gasteiger partial charge in [0.05, 0.1) is 7.11 Å². The number of aryl methyl sites for hydroxylation is 1. The summed E-state index contributed by atoms with van der Waals surface area (Å²) in [7, 11) is 3.62. The molecule has 30 heavy (non-hydrogen) atoms. The number of hydrogen-bond donors (Lipinski definition) is 3. The average molecular weight is 417 g/mol. The Balaban J connectivity index is 1.97. The normalized spacial score (nSPS) is 12.6. The largest absolute Gasteiger partial charge is 0.497 e. The summed E-state index contributed by atoms with van der Waals surface area (Å²) in [6.45, 7) is 6.30. The van der Waals surface area contributed by atoms with Crippen molar-refractivity contribution in [2.45, 2.75) is 46.1 Å². The number of benzene rings is 1. The first kappa shape index (κ1) is 23.7. The fraction of sp³-hybridized carbons (Fsp3) is 0.591. The molecule has 0 aliphatic rings. The first-order valence-electron chi connectivity index (χ1n) is 10.7. The van der Waals surface area contributed by atoms with Gasteiger partial charge in [0.25, 0.3) is 0 Å². The van der Waals surface area contributed by atoms with E-state index in [-0.39, 0.29) is 6.61 Å². The predicted octanol–water partition coefficient (Wildman–Crippen LogP) is 2.21. The number of methoxy groups -OCH3 is 1. The van der Waals surface area contributed by atoms with Crippen LogP contribution in [0.3, 0.4) is 0 Å². The molecule has 1 atom stereocenters. The second-order valence-corrected chi connectivity index (χ2v) is 7.46. The smallest absolute Gasteiger partial charge is 0.191 e. The zero-order valence-corrected chi connectivity index (χ0v) is 18.7. The van der Waals surface area contributed by atoms with Gasteiger partial charge in [0, 0.05) is 26.7 Å². The van der Waals surface area contributed by atoms with Crippen LogP contribution in [0.25, 0.3) is 0 Å². The molecule has 0 radical (unpaired) electrons. The van der Waals surface area contributed by atoms with E-state index in [0.29, 0.717) is 12.5 Å². The Morgan fingerprint density at radius 2 is 1.97 bits per heavy atom. The van der Waals surface area contributed by atoms with Crippen LogP contribution in [0, 0.1) is 12.8 Å². The van der Waals surface area contributed by atoms with Gasteiger partial charge >= 0.3 is 0 Å². The maximum atomic E-state index is 9.32. The van der Waals surface area contributed by atoms with E-state index in [1.54, 1.807) is 7.11 Å². The van der Waals surface area contributed by atoms with Gasteiger partial charge in [-0.05, 0) is 49.8 Å². The first-order valence-corrected chi connectivity index (χ1v) is 10.7. The van der Waals surface area contributed by atoms with Crippen molar-refractivity contribution in [2.24, 2.45) is 18.0 Å². The topological polar surface area (TPSA) is 96.6 Å². The minimum atomic E-state index is 0.210. The van der Waals surface area contributed by atoms with Crippen molar-refractivity contribution < 1.29 is 9.84 Å². The molecule has 0 aliphatic carbocycles. The minimum absolute atomic E-state index is 0.210. The van der Waals surface area contributed by atoms with Crippen LogP contribution in [0.2, 0.25) is 0 Å². The summed E-state index contributed by atoms with van der Waals surface area (Å²) in [6, 6.07) is 8.10. The van der Waals surface area contributed by atoms with Crippen LogP contribution in [0.5, 0.6) is 5.75 Å². The number of aliphatic imine (C=N–C) groups is 1. The fourth-order valence-electron chi connectivity index (χ4n) is 3.21. The molecule has 0 fully saturated rings. The van der Waals surface area contributed by atoms with Crippen LogP contribution >= 0.6 is 0 Å². The predicted molar refractivity (Wildman–Crippen MR) is 120 cm³/mol. The molecule has 0 saturated carbocycles. The number of aliphatic hydroxyl groups excluding tert-OH is 1. The fourth-order valence-corrected chi connectivity index (χ4v) is 3.21. The molecule has 3 N–H and O–H groups in total.